The SMILES string of the molecule is Cc1cccnc1CNCc1ccno1. The molecule has 4 heteroatoms. The number of aromatic nitrogens is 2. The van der Waals surface area contributed by atoms with Crippen molar-refractivity contribution in [3.63, 3.8) is 0 Å². The molecular formula is C11H13N3O. The minimum atomic E-state index is 0.677. The van der Waals surface area contributed by atoms with Crippen molar-refractivity contribution in [3.05, 3.63) is 47.6 Å². The maximum Gasteiger partial charge on any atom is 0.150 e. The van der Waals surface area contributed by atoms with E-state index in [9.17, 15) is 0 Å². The maximum absolute atomic E-state index is 4.97. The molecule has 4 nitrogen and oxygen atoms in total. The number of nitrogens with one attached hydrogen (secondary N) is 1. The number of aryl methyl sites for hydroxylation is 1. The van der Waals surface area contributed by atoms with Crippen LogP contribution in [-0.2, 0) is 13.1 Å². The van der Waals surface area contributed by atoms with Gasteiger partial charge in [0.2, 0.25) is 0 Å². The molecule has 78 valence electrons. The fourth-order valence-corrected chi connectivity index (χ4v) is 1.34. The van der Waals surface area contributed by atoms with Crippen LogP contribution in [0.15, 0.2) is 35.1 Å². The third-order valence-corrected chi connectivity index (χ3v) is 2.20. The highest BCUT2D eigenvalue weighted by atomic mass is 16.5. The summed E-state index contributed by atoms with van der Waals surface area (Å²) in [5.74, 6) is 0.837. The number of hydrogen-bond donors (Lipinski definition) is 1. The highest BCUT2D eigenvalue weighted by Gasteiger charge is 1.99. The smallest absolute Gasteiger partial charge is 0.150 e. The second-order valence-corrected chi connectivity index (χ2v) is 3.35. The largest absolute Gasteiger partial charge is 0.360 e. The normalized spacial score (nSPS) is 10.5. The van der Waals surface area contributed by atoms with Gasteiger partial charge in [-0.2, -0.15) is 0 Å². The third kappa shape index (κ3) is 2.63. The monoisotopic (exact) mass is 203 g/mol. The second-order valence-electron chi connectivity index (χ2n) is 3.35. The van der Waals surface area contributed by atoms with E-state index in [-0.39, 0.29) is 0 Å². The first kappa shape index (κ1) is 9.86. The number of rotatable bonds is 4. The van der Waals surface area contributed by atoms with E-state index in [4.69, 9.17) is 4.52 Å². The lowest BCUT2D eigenvalue weighted by Gasteiger charge is -2.04. The van der Waals surface area contributed by atoms with Crippen LogP contribution < -0.4 is 5.32 Å². The molecule has 0 aliphatic rings. The summed E-state index contributed by atoms with van der Waals surface area (Å²) in [5, 5.41) is 6.88. The summed E-state index contributed by atoms with van der Waals surface area (Å²) in [7, 11) is 0. The Labute approximate surface area is 88.3 Å². The summed E-state index contributed by atoms with van der Waals surface area (Å²) in [6, 6.07) is 5.84. The van der Waals surface area contributed by atoms with Gasteiger partial charge in [0.05, 0.1) is 18.4 Å². The lowest BCUT2D eigenvalue weighted by molar-refractivity contribution is 0.372. The van der Waals surface area contributed by atoms with E-state index in [1.54, 1.807) is 12.4 Å². The Morgan fingerprint density at radius 2 is 2.20 bits per heavy atom. The Morgan fingerprint density at radius 3 is 2.93 bits per heavy atom. The van der Waals surface area contributed by atoms with Gasteiger partial charge in [0, 0.05) is 18.8 Å². The van der Waals surface area contributed by atoms with E-state index < -0.39 is 0 Å². The Morgan fingerprint density at radius 1 is 1.27 bits per heavy atom. The van der Waals surface area contributed by atoms with Crippen LogP contribution in [0.2, 0.25) is 0 Å². The van der Waals surface area contributed by atoms with Crippen molar-refractivity contribution in [1.29, 1.82) is 0 Å². The highest BCUT2D eigenvalue weighted by Crippen LogP contribution is 2.03. The summed E-state index contributed by atoms with van der Waals surface area (Å²) in [5.41, 5.74) is 2.26. The van der Waals surface area contributed by atoms with Gasteiger partial charge in [-0.3, -0.25) is 4.98 Å². The minimum absolute atomic E-state index is 0.677. The number of nitrogens with zero attached hydrogens (tertiary/aromatic N) is 2. The average molecular weight is 203 g/mol. The van der Waals surface area contributed by atoms with Gasteiger partial charge >= 0.3 is 0 Å². The van der Waals surface area contributed by atoms with Gasteiger partial charge in [0.25, 0.3) is 0 Å². The van der Waals surface area contributed by atoms with Crippen molar-refractivity contribution in [2.75, 3.05) is 0 Å². The van der Waals surface area contributed by atoms with Gasteiger partial charge in [-0.15, -0.1) is 0 Å². The summed E-state index contributed by atoms with van der Waals surface area (Å²) in [6.45, 7) is 3.47. The van der Waals surface area contributed by atoms with Gasteiger partial charge < -0.3 is 9.84 Å². The third-order valence-electron chi connectivity index (χ3n) is 2.20. The van der Waals surface area contributed by atoms with Crippen molar-refractivity contribution in [3.8, 4) is 0 Å². The van der Waals surface area contributed by atoms with Gasteiger partial charge in [0.15, 0.2) is 0 Å². The maximum atomic E-state index is 4.97. The van der Waals surface area contributed by atoms with E-state index in [1.807, 2.05) is 12.1 Å². The Bertz CT molecular complexity index is 412. The molecule has 2 heterocycles. The first-order valence-electron chi connectivity index (χ1n) is 4.87. The predicted molar refractivity (Wildman–Crippen MR) is 56.0 cm³/mol. The standard InChI is InChI=1S/C11H13N3O/c1-9-3-2-5-13-11(9)8-12-7-10-4-6-14-15-10/h2-6,12H,7-8H2,1H3. The van der Waals surface area contributed by atoms with Gasteiger partial charge in [0.1, 0.15) is 5.76 Å². The molecule has 0 fully saturated rings. The second kappa shape index (κ2) is 4.70. The van der Waals surface area contributed by atoms with Crippen molar-refractivity contribution in [2.45, 2.75) is 20.0 Å². The number of pyridine rings is 1. The van der Waals surface area contributed by atoms with Gasteiger partial charge in [-0.1, -0.05) is 11.2 Å². The van der Waals surface area contributed by atoms with E-state index >= 15 is 0 Å². The molecule has 0 aliphatic heterocycles. The molecule has 0 spiro atoms. The van der Waals surface area contributed by atoms with Crippen LogP contribution in [-0.4, -0.2) is 10.1 Å². The molecule has 0 amide bonds. The van der Waals surface area contributed by atoms with Crippen LogP contribution in [0.25, 0.3) is 0 Å². The lowest BCUT2D eigenvalue weighted by Crippen LogP contribution is -2.14. The molecule has 2 aromatic rings. The predicted octanol–water partition coefficient (Wildman–Crippen LogP) is 1.67. The molecule has 1 N–H and O–H groups in total. The molecule has 2 aromatic heterocycles. The van der Waals surface area contributed by atoms with Crippen LogP contribution in [0.1, 0.15) is 17.0 Å². The van der Waals surface area contributed by atoms with E-state index in [0.717, 1.165) is 18.0 Å². The minimum Gasteiger partial charge on any atom is -0.360 e. The van der Waals surface area contributed by atoms with E-state index in [2.05, 4.69) is 28.4 Å². The van der Waals surface area contributed by atoms with E-state index in [1.165, 1.54) is 5.56 Å². The Hall–Kier alpha value is -1.68. The molecule has 0 aromatic carbocycles. The molecule has 15 heavy (non-hydrogen) atoms. The molecule has 0 atom stereocenters. The van der Waals surface area contributed by atoms with Crippen LogP contribution in [0.4, 0.5) is 0 Å². The number of hydrogen-bond acceptors (Lipinski definition) is 4. The molecule has 0 radical (unpaired) electrons. The molecule has 0 saturated carbocycles. The van der Waals surface area contributed by atoms with Crippen LogP contribution in [0.5, 0.6) is 0 Å². The fourth-order valence-electron chi connectivity index (χ4n) is 1.34. The molecule has 2 rings (SSSR count). The first-order valence-corrected chi connectivity index (χ1v) is 4.87. The molecule has 0 aliphatic carbocycles. The summed E-state index contributed by atoms with van der Waals surface area (Å²) < 4.78 is 4.97. The quantitative estimate of drug-likeness (QED) is 0.821. The lowest BCUT2D eigenvalue weighted by atomic mass is 10.2. The van der Waals surface area contributed by atoms with Crippen molar-refractivity contribution in [2.24, 2.45) is 0 Å². The van der Waals surface area contributed by atoms with E-state index in [0.29, 0.717) is 6.54 Å². The molecule has 0 bridgehead atoms. The first-order chi connectivity index (χ1) is 7.36. The molecule has 0 saturated heterocycles. The summed E-state index contributed by atoms with van der Waals surface area (Å²) >= 11 is 0. The average Bonchev–Trinajstić information content (AvgIpc) is 2.74. The zero-order valence-electron chi connectivity index (χ0n) is 8.60. The fraction of sp³-hybridized carbons (Fsp3) is 0.273. The van der Waals surface area contributed by atoms with Crippen molar-refractivity contribution in [1.82, 2.24) is 15.5 Å². The van der Waals surface area contributed by atoms with Gasteiger partial charge in [-0.05, 0) is 18.6 Å². The summed E-state index contributed by atoms with van der Waals surface area (Å²) in [4.78, 5) is 4.29. The summed E-state index contributed by atoms with van der Waals surface area (Å²) in [6.07, 6.45) is 3.45. The van der Waals surface area contributed by atoms with Gasteiger partial charge in [-0.25, -0.2) is 0 Å². The van der Waals surface area contributed by atoms with Crippen LogP contribution in [0.3, 0.4) is 0 Å². The Balaban J connectivity index is 1.86. The van der Waals surface area contributed by atoms with Crippen molar-refractivity contribution < 1.29 is 4.52 Å². The molecular weight excluding hydrogens is 190 g/mol. The Kier molecular flexibility index (Phi) is 3.09. The topological polar surface area (TPSA) is 51.0 Å². The van der Waals surface area contributed by atoms with Crippen molar-refractivity contribution >= 4 is 0 Å². The van der Waals surface area contributed by atoms with Crippen LogP contribution in [0, 0.1) is 6.92 Å². The van der Waals surface area contributed by atoms with Crippen LogP contribution >= 0.6 is 0 Å². The highest BCUT2D eigenvalue weighted by molar-refractivity contribution is 5.17. The molecule has 0 unspecified atom stereocenters. The zero-order chi connectivity index (χ0) is 10.5. The zero-order valence-corrected chi connectivity index (χ0v) is 8.60.